The maximum absolute atomic E-state index is 2.53. The smallest absolute Gasteiger partial charge is 0.0331 e. The zero-order valence-corrected chi connectivity index (χ0v) is 13.6. The molecule has 7 atom stereocenters. The van der Waals surface area contributed by atoms with E-state index in [4.69, 9.17) is 0 Å². The Morgan fingerprint density at radius 1 is 0.833 bits per heavy atom. The largest absolute Gasteiger partial charge is 0.0625 e. The standard InChI is InChI=1S/C18H34/c1-10(2)16-9-13(5)17(16)11(3)8-12(4)18-14(6)15(18)7/h10-18H,8-9H2,1-7H3. The predicted molar refractivity (Wildman–Crippen MR) is 80.4 cm³/mol. The number of hydrogen-bond acceptors (Lipinski definition) is 0. The minimum atomic E-state index is 0.891. The Kier molecular flexibility index (Phi) is 4.14. The first kappa shape index (κ1) is 14.4. The van der Waals surface area contributed by atoms with Gasteiger partial charge in [0.25, 0.3) is 0 Å². The van der Waals surface area contributed by atoms with E-state index < -0.39 is 0 Å². The van der Waals surface area contributed by atoms with E-state index in [1.54, 1.807) is 0 Å². The molecule has 2 fully saturated rings. The Balaban J connectivity index is 1.85. The summed E-state index contributed by atoms with van der Waals surface area (Å²) in [5, 5.41) is 0. The van der Waals surface area contributed by atoms with E-state index in [1.807, 2.05) is 0 Å². The van der Waals surface area contributed by atoms with Gasteiger partial charge in [-0.3, -0.25) is 0 Å². The van der Waals surface area contributed by atoms with Crippen LogP contribution in [0.3, 0.4) is 0 Å². The fraction of sp³-hybridized carbons (Fsp3) is 1.00. The van der Waals surface area contributed by atoms with Crippen molar-refractivity contribution < 1.29 is 0 Å². The maximum atomic E-state index is 2.53. The van der Waals surface area contributed by atoms with Crippen LogP contribution >= 0.6 is 0 Å². The highest BCUT2D eigenvalue weighted by Crippen LogP contribution is 2.54. The molecule has 2 rings (SSSR count). The molecule has 2 aliphatic rings. The summed E-state index contributed by atoms with van der Waals surface area (Å²) in [6.45, 7) is 17.3. The fourth-order valence-corrected chi connectivity index (χ4v) is 5.31. The van der Waals surface area contributed by atoms with Gasteiger partial charge in [-0.05, 0) is 66.1 Å². The molecule has 0 radical (unpaired) electrons. The van der Waals surface area contributed by atoms with E-state index >= 15 is 0 Å². The average Bonchev–Trinajstić information content (AvgIpc) is 2.82. The van der Waals surface area contributed by atoms with Gasteiger partial charge in [-0.1, -0.05) is 48.5 Å². The molecular formula is C18H34. The summed E-state index contributed by atoms with van der Waals surface area (Å²) in [6, 6.07) is 0. The first-order chi connectivity index (χ1) is 8.34. The third-order valence-electron chi connectivity index (χ3n) is 6.61. The van der Waals surface area contributed by atoms with Crippen LogP contribution in [0.4, 0.5) is 0 Å². The zero-order valence-electron chi connectivity index (χ0n) is 13.6. The summed E-state index contributed by atoms with van der Waals surface area (Å²) in [5.74, 6) is 8.80. The molecule has 106 valence electrons. The lowest BCUT2D eigenvalue weighted by Crippen LogP contribution is -2.42. The maximum Gasteiger partial charge on any atom is -0.0331 e. The van der Waals surface area contributed by atoms with E-state index in [9.17, 15) is 0 Å². The van der Waals surface area contributed by atoms with Gasteiger partial charge in [0.1, 0.15) is 0 Å². The van der Waals surface area contributed by atoms with Crippen LogP contribution in [-0.2, 0) is 0 Å². The molecule has 2 aliphatic carbocycles. The van der Waals surface area contributed by atoms with Gasteiger partial charge in [0.15, 0.2) is 0 Å². The Morgan fingerprint density at radius 3 is 1.72 bits per heavy atom. The van der Waals surface area contributed by atoms with Crippen molar-refractivity contribution in [2.75, 3.05) is 0 Å². The van der Waals surface area contributed by atoms with Crippen LogP contribution in [0.5, 0.6) is 0 Å². The quantitative estimate of drug-likeness (QED) is 0.606. The second-order valence-electron chi connectivity index (χ2n) is 8.18. The Hall–Kier alpha value is 0. The van der Waals surface area contributed by atoms with Crippen LogP contribution in [-0.4, -0.2) is 0 Å². The number of hydrogen-bond donors (Lipinski definition) is 0. The van der Waals surface area contributed by atoms with Crippen LogP contribution < -0.4 is 0 Å². The van der Waals surface area contributed by atoms with Crippen LogP contribution in [0, 0.1) is 53.3 Å². The van der Waals surface area contributed by atoms with Crippen molar-refractivity contribution in [1.82, 2.24) is 0 Å². The van der Waals surface area contributed by atoms with Gasteiger partial charge in [-0.15, -0.1) is 0 Å². The lowest BCUT2D eigenvalue weighted by atomic mass is 9.56. The molecule has 0 aromatic rings. The molecule has 0 saturated heterocycles. The van der Waals surface area contributed by atoms with Gasteiger partial charge in [0.2, 0.25) is 0 Å². The first-order valence-electron chi connectivity index (χ1n) is 8.34. The van der Waals surface area contributed by atoms with Crippen LogP contribution in [0.2, 0.25) is 0 Å². The molecule has 0 spiro atoms. The molecule has 18 heavy (non-hydrogen) atoms. The second kappa shape index (κ2) is 5.17. The van der Waals surface area contributed by atoms with Crippen LogP contribution in [0.25, 0.3) is 0 Å². The summed E-state index contributed by atoms with van der Waals surface area (Å²) >= 11 is 0. The van der Waals surface area contributed by atoms with Gasteiger partial charge in [-0.2, -0.15) is 0 Å². The van der Waals surface area contributed by atoms with Gasteiger partial charge in [0.05, 0.1) is 0 Å². The third-order valence-corrected chi connectivity index (χ3v) is 6.61. The molecule has 0 bridgehead atoms. The second-order valence-corrected chi connectivity index (χ2v) is 8.18. The van der Waals surface area contributed by atoms with E-state index in [-0.39, 0.29) is 0 Å². The lowest BCUT2D eigenvalue weighted by molar-refractivity contribution is -0.00366. The predicted octanol–water partition coefficient (Wildman–Crippen LogP) is 5.48. The normalized spacial score (nSPS) is 46.7. The van der Waals surface area contributed by atoms with Gasteiger partial charge in [0, 0.05) is 0 Å². The van der Waals surface area contributed by atoms with Crippen molar-refractivity contribution in [3.8, 4) is 0 Å². The zero-order chi connectivity index (χ0) is 13.6. The van der Waals surface area contributed by atoms with E-state index in [0.717, 1.165) is 53.3 Å². The summed E-state index contributed by atoms with van der Waals surface area (Å²) in [5.41, 5.74) is 0. The summed E-state index contributed by atoms with van der Waals surface area (Å²) in [4.78, 5) is 0. The Labute approximate surface area is 115 Å². The monoisotopic (exact) mass is 250 g/mol. The first-order valence-corrected chi connectivity index (χ1v) is 8.34. The topological polar surface area (TPSA) is 0 Å². The van der Waals surface area contributed by atoms with Crippen molar-refractivity contribution >= 4 is 0 Å². The van der Waals surface area contributed by atoms with E-state index in [2.05, 4.69) is 48.5 Å². The highest BCUT2D eigenvalue weighted by Gasteiger charge is 2.48. The van der Waals surface area contributed by atoms with E-state index in [0.29, 0.717) is 0 Å². The molecule has 2 saturated carbocycles. The molecular weight excluding hydrogens is 216 g/mol. The van der Waals surface area contributed by atoms with Crippen molar-refractivity contribution in [3.63, 3.8) is 0 Å². The minimum Gasteiger partial charge on any atom is -0.0625 e. The highest BCUT2D eigenvalue weighted by molar-refractivity contribution is 4.96. The summed E-state index contributed by atoms with van der Waals surface area (Å²) in [7, 11) is 0. The molecule has 0 heteroatoms. The lowest BCUT2D eigenvalue weighted by Gasteiger charge is -2.49. The van der Waals surface area contributed by atoms with Crippen LogP contribution in [0.15, 0.2) is 0 Å². The summed E-state index contributed by atoms with van der Waals surface area (Å²) < 4.78 is 0. The minimum absolute atomic E-state index is 0.891. The molecule has 7 unspecified atom stereocenters. The van der Waals surface area contributed by atoms with Gasteiger partial charge >= 0.3 is 0 Å². The van der Waals surface area contributed by atoms with Crippen molar-refractivity contribution in [2.24, 2.45) is 53.3 Å². The van der Waals surface area contributed by atoms with Crippen molar-refractivity contribution in [3.05, 3.63) is 0 Å². The molecule has 0 aromatic heterocycles. The van der Waals surface area contributed by atoms with Gasteiger partial charge < -0.3 is 0 Å². The molecule has 0 heterocycles. The Morgan fingerprint density at radius 2 is 1.33 bits per heavy atom. The van der Waals surface area contributed by atoms with Crippen molar-refractivity contribution in [2.45, 2.75) is 61.3 Å². The van der Waals surface area contributed by atoms with Crippen LogP contribution in [0.1, 0.15) is 61.3 Å². The Bertz CT molecular complexity index is 272. The molecule has 0 aliphatic heterocycles. The SMILES string of the molecule is CC(C)C1CC(C)C1C(C)CC(C)C1C(C)C1C. The van der Waals surface area contributed by atoms with Crippen molar-refractivity contribution in [1.29, 1.82) is 0 Å². The third kappa shape index (κ3) is 2.49. The number of rotatable bonds is 5. The summed E-state index contributed by atoms with van der Waals surface area (Å²) in [6.07, 6.45) is 2.95. The van der Waals surface area contributed by atoms with Gasteiger partial charge in [-0.25, -0.2) is 0 Å². The molecule has 0 aromatic carbocycles. The highest BCUT2D eigenvalue weighted by atomic mass is 14.5. The average molecular weight is 250 g/mol. The van der Waals surface area contributed by atoms with E-state index in [1.165, 1.54) is 12.8 Å². The molecule has 0 nitrogen and oxygen atoms in total. The molecule has 0 N–H and O–H groups in total. The fourth-order valence-electron chi connectivity index (χ4n) is 5.31. The molecule has 0 amide bonds.